The SMILES string of the molecule is BrN=NNc1ccccc1. The van der Waals surface area contributed by atoms with Crippen molar-refractivity contribution < 1.29 is 0 Å². The molecule has 0 aliphatic heterocycles. The number of nitrogens with one attached hydrogen (secondary N) is 1. The van der Waals surface area contributed by atoms with Crippen LogP contribution in [0.3, 0.4) is 0 Å². The fourth-order valence-corrected chi connectivity index (χ4v) is 0.669. The van der Waals surface area contributed by atoms with E-state index in [4.69, 9.17) is 0 Å². The minimum Gasteiger partial charge on any atom is -0.259 e. The number of anilines is 1. The zero-order chi connectivity index (χ0) is 7.23. The van der Waals surface area contributed by atoms with Gasteiger partial charge in [0.2, 0.25) is 0 Å². The molecule has 1 aromatic rings. The Hall–Kier alpha value is -0.900. The molecule has 0 unspecified atom stereocenters. The molecular formula is C6H6BrN3. The van der Waals surface area contributed by atoms with E-state index in [0.717, 1.165) is 5.69 Å². The van der Waals surface area contributed by atoms with Gasteiger partial charge in [0.05, 0.1) is 5.69 Å². The number of benzene rings is 1. The van der Waals surface area contributed by atoms with E-state index in [1.807, 2.05) is 30.3 Å². The highest BCUT2D eigenvalue weighted by molar-refractivity contribution is 9.08. The molecular weight excluding hydrogens is 194 g/mol. The molecule has 10 heavy (non-hydrogen) atoms. The molecule has 1 rings (SSSR count). The predicted molar refractivity (Wildman–Crippen MR) is 43.8 cm³/mol. The lowest BCUT2D eigenvalue weighted by atomic mass is 10.3. The number of hydrogen-bond donors (Lipinski definition) is 1. The molecule has 0 saturated heterocycles. The Labute approximate surface area is 67.5 Å². The first-order valence-electron chi connectivity index (χ1n) is 2.75. The van der Waals surface area contributed by atoms with Gasteiger partial charge in [0.15, 0.2) is 0 Å². The Bertz CT molecular complexity index is 209. The van der Waals surface area contributed by atoms with Crippen LogP contribution in [0.4, 0.5) is 5.69 Å². The Morgan fingerprint density at radius 2 is 1.90 bits per heavy atom. The lowest BCUT2D eigenvalue weighted by molar-refractivity contribution is 1.21. The van der Waals surface area contributed by atoms with Crippen molar-refractivity contribution in [3.63, 3.8) is 0 Å². The molecule has 0 spiro atoms. The van der Waals surface area contributed by atoms with Crippen LogP contribution >= 0.6 is 16.1 Å². The number of rotatable bonds is 2. The minimum atomic E-state index is 0.922. The zero-order valence-corrected chi connectivity index (χ0v) is 6.75. The van der Waals surface area contributed by atoms with Gasteiger partial charge < -0.3 is 0 Å². The largest absolute Gasteiger partial charge is 0.259 e. The van der Waals surface area contributed by atoms with E-state index < -0.39 is 0 Å². The van der Waals surface area contributed by atoms with Gasteiger partial charge in [-0.05, 0) is 12.1 Å². The monoisotopic (exact) mass is 199 g/mol. The van der Waals surface area contributed by atoms with E-state index >= 15 is 0 Å². The van der Waals surface area contributed by atoms with Crippen molar-refractivity contribution in [1.82, 2.24) is 0 Å². The van der Waals surface area contributed by atoms with Crippen LogP contribution in [-0.4, -0.2) is 0 Å². The van der Waals surface area contributed by atoms with Crippen molar-refractivity contribution in [3.05, 3.63) is 30.3 Å². The Morgan fingerprint density at radius 3 is 2.50 bits per heavy atom. The standard InChI is InChI=1S/C6H6BrN3/c7-9-10-8-6-4-2-1-3-5-6/h1-5H,(H,8,9). The second kappa shape index (κ2) is 4.00. The normalized spacial score (nSPS) is 10.1. The van der Waals surface area contributed by atoms with Crippen LogP contribution in [0, 0.1) is 0 Å². The first kappa shape index (κ1) is 7.21. The maximum Gasteiger partial charge on any atom is 0.102 e. The summed E-state index contributed by atoms with van der Waals surface area (Å²) in [6.07, 6.45) is 0. The average Bonchev–Trinajstić information content (AvgIpc) is 2.03. The topological polar surface area (TPSA) is 36.8 Å². The second-order valence-corrected chi connectivity index (χ2v) is 1.97. The quantitative estimate of drug-likeness (QED) is 0.578. The van der Waals surface area contributed by atoms with E-state index in [1.54, 1.807) is 0 Å². The highest BCUT2D eigenvalue weighted by Gasteiger charge is 1.82. The van der Waals surface area contributed by atoms with E-state index in [9.17, 15) is 0 Å². The molecule has 0 aromatic heterocycles. The van der Waals surface area contributed by atoms with Gasteiger partial charge in [0.1, 0.15) is 16.1 Å². The molecule has 0 atom stereocenters. The van der Waals surface area contributed by atoms with Crippen LogP contribution in [-0.2, 0) is 0 Å². The van der Waals surface area contributed by atoms with E-state index in [1.165, 1.54) is 0 Å². The van der Waals surface area contributed by atoms with Crippen LogP contribution in [0.2, 0.25) is 0 Å². The van der Waals surface area contributed by atoms with Crippen molar-refractivity contribution in [1.29, 1.82) is 0 Å². The van der Waals surface area contributed by atoms with Gasteiger partial charge in [-0.15, -0.1) is 0 Å². The van der Waals surface area contributed by atoms with Gasteiger partial charge in [-0.2, -0.15) is 0 Å². The summed E-state index contributed by atoms with van der Waals surface area (Å²) in [6, 6.07) is 9.60. The maximum absolute atomic E-state index is 3.53. The minimum absolute atomic E-state index is 0.922. The van der Waals surface area contributed by atoms with Crippen LogP contribution in [0.1, 0.15) is 0 Å². The summed E-state index contributed by atoms with van der Waals surface area (Å²) < 4.78 is 3.36. The van der Waals surface area contributed by atoms with Gasteiger partial charge in [-0.1, -0.05) is 27.6 Å². The smallest absolute Gasteiger partial charge is 0.102 e. The first-order chi connectivity index (χ1) is 4.93. The number of hydrogen-bond acceptors (Lipinski definition) is 2. The Balaban J connectivity index is 2.59. The number of para-hydroxylation sites is 1. The number of nitrogens with zero attached hydrogens (tertiary/aromatic N) is 2. The fraction of sp³-hybridized carbons (Fsp3) is 0. The highest BCUT2D eigenvalue weighted by atomic mass is 79.9. The zero-order valence-electron chi connectivity index (χ0n) is 5.16. The number of halogens is 1. The molecule has 0 fully saturated rings. The fourth-order valence-electron chi connectivity index (χ4n) is 0.589. The summed E-state index contributed by atoms with van der Waals surface area (Å²) in [5, 5.41) is 3.53. The van der Waals surface area contributed by atoms with E-state index in [-0.39, 0.29) is 0 Å². The van der Waals surface area contributed by atoms with Gasteiger partial charge >= 0.3 is 0 Å². The maximum atomic E-state index is 3.53. The van der Waals surface area contributed by atoms with Crippen molar-refractivity contribution >= 4 is 21.8 Å². The lowest BCUT2D eigenvalue weighted by Gasteiger charge is -1.93. The third kappa shape index (κ3) is 2.14. The molecule has 4 heteroatoms. The van der Waals surface area contributed by atoms with E-state index in [0.29, 0.717) is 0 Å². The second-order valence-electron chi connectivity index (χ2n) is 1.65. The van der Waals surface area contributed by atoms with Gasteiger partial charge in [-0.25, -0.2) is 0 Å². The molecule has 52 valence electrons. The van der Waals surface area contributed by atoms with Gasteiger partial charge in [-0.3, -0.25) is 5.43 Å². The molecule has 0 radical (unpaired) electrons. The molecule has 0 heterocycles. The third-order valence-corrected chi connectivity index (χ3v) is 1.15. The summed E-state index contributed by atoms with van der Waals surface area (Å²) in [6.45, 7) is 0. The molecule has 0 bridgehead atoms. The van der Waals surface area contributed by atoms with Crippen LogP contribution < -0.4 is 5.43 Å². The summed E-state index contributed by atoms with van der Waals surface area (Å²) in [5.41, 5.74) is 3.63. The van der Waals surface area contributed by atoms with Crippen molar-refractivity contribution in [2.24, 2.45) is 9.36 Å². The molecule has 1 aromatic carbocycles. The van der Waals surface area contributed by atoms with Crippen LogP contribution in [0.25, 0.3) is 0 Å². The van der Waals surface area contributed by atoms with Gasteiger partial charge in [0, 0.05) is 0 Å². The summed E-state index contributed by atoms with van der Waals surface area (Å²) >= 11 is 2.80. The highest BCUT2D eigenvalue weighted by Crippen LogP contribution is 2.04. The Kier molecular flexibility index (Phi) is 2.89. The molecule has 0 aliphatic rings. The summed E-state index contributed by atoms with van der Waals surface area (Å²) in [4.78, 5) is 0. The molecule has 3 nitrogen and oxygen atoms in total. The Morgan fingerprint density at radius 1 is 1.20 bits per heavy atom. The van der Waals surface area contributed by atoms with Crippen molar-refractivity contribution in [3.8, 4) is 0 Å². The lowest BCUT2D eigenvalue weighted by Crippen LogP contribution is -1.83. The molecule has 0 saturated carbocycles. The van der Waals surface area contributed by atoms with Crippen molar-refractivity contribution in [2.75, 3.05) is 5.43 Å². The summed E-state index contributed by atoms with van der Waals surface area (Å²) in [7, 11) is 0. The first-order valence-corrected chi connectivity index (χ1v) is 3.46. The summed E-state index contributed by atoms with van der Waals surface area (Å²) in [5.74, 6) is 0. The molecule has 0 amide bonds. The van der Waals surface area contributed by atoms with Crippen LogP contribution in [0.5, 0.6) is 0 Å². The average molecular weight is 200 g/mol. The molecule has 0 aliphatic carbocycles. The van der Waals surface area contributed by atoms with Crippen LogP contribution in [0.15, 0.2) is 39.7 Å². The van der Waals surface area contributed by atoms with Crippen molar-refractivity contribution in [2.45, 2.75) is 0 Å². The van der Waals surface area contributed by atoms with E-state index in [2.05, 4.69) is 30.9 Å². The molecule has 1 N–H and O–H groups in total. The third-order valence-electron chi connectivity index (χ3n) is 0.991. The van der Waals surface area contributed by atoms with Gasteiger partial charge in [0.25, 0.3) is 0 Å². The predicted octanol–water partition coefficient (Wildman–Crippen LogP) is 2.78.